The van der Waals surface area contributed by atoms with Crippen LogP contribution in [0.25, 0.3) is 0 Å². The first kappa shape index (κ1) is 31.4. The maximum Gasteiger partial charge on any atom is 0.324 e. The highest BCUT2D eigenvalue weighted by molar-refractivity contribution is 6.29. The van der Waals surface area contributed by atoms with Gasteiger partial charge in [0, 0.05) is 6.42 Å². The van der Waals surface area contributed by atoms with Crippen molar-refractivity contribution in [1.29, 1.82) is 0 Å². The quantitative estimate of drug-likeness (QED) is 0.0968. The van der Waals surface area contributed by atoms with E-state index in [4.69, 9.17) is 16.3 Å². The van der Waals surface area contributed by atoms with Crippen LogP contribution in [-0.4, -0.2) is 17.5 Å². The second kappa shape index (κ2) is 13.6. The van der Waals surface area contributed by atoms with E-state index in [2.05, 4.69) is 47.6 Å². The van der Waals surface area contributed by atoms with Crippen molar-refractivity contribution in [3.05, 3.63) is 11.6 Å². The summed E-state index contributed by atoms with van der Waals surface area (Å²) < 4.78 is 6.02. The predicted molar refractivity (Wildman–Crippen MR) is 166 cm³/mol. The van der Waals surface area contributed by atoms with Crippen LogP contribution in [0.3, 0.4) is 0 Å². The molecule has 9 atom stereocenters. The maximum absolute atomic E-state index is 12.8. The van der Waals surface area contributed by atoms with E-state index in [1.807, 2.05) is 0 Å². The third-order valence-corrected chi connectivity index (χ3v) is 12.8. The Hall–Kier alpha value is -0.500. The molecule has 4 aliphatic rings. The van der Waals surface area contributed by atoms with Gasteiger partial charge in [-0.3, -0.25) is 4.79 Å². The zero-order valence-electron chi connectivity index (χ0n) is 26.4. The second-order valence-corrected chi connectivity index (χ2v) is 15.8. The van der Waals surface area contributed by atoms with E-state index in [0.29, 0.717) is 10.8 Å². The van der Waals surface area contributed by atoms with Crippen LogP contribution in [-0.2, 0) is 9.53 Å². The van der Waals surface area contributed by atoms with Gasteiger partial charge in [-0.25, -0.2) is 0 Å². The maximum atomic E-state index is 12.8. The number of allylic oxidation sites excluding steroid dienone is 1. The molecule has 0 heterocycles. The summed E-state index contributed by atoms with van der Waals surface area (Å²) >= 11 is 6.47. The number of fused-ring (bicyclic) bond motifs is 5. The zero-order chi connectivity index (χ0) is 28.2. The van der Waals surface area contributed by atoms with E-state index >= 15 is 0 Å². The highest BCUT2D eigenvalue weighted by Crippen LogP contribution is 2.67. The number of hydrogen-bond donors (Lipinski definition) is 0. The highest BCUT2D eigenvalue weighted by Gasteiger charge is 2.59. The van der Waals surface area contributed by atoms with Gasteiger partial charge in [-0.1, -0.05) is 105 Å². The SMILES string of the molecule is CCCCCCC[C@@H](Cl)C(=O)O[C@H]1CC[C@@]2(C)C(=CC[C@@H]3[C@H]4CC[C@@H]([C@@H](C)CCCC(C)C)[C@@]4(C)CC[C@H]32)C1. The summed E-state index contributed by atoms with van der Waals surface area (Å²) in [6.07, 6.45) is 23.6. The number of esters is 1. The molecule has 4 aliphatic carbocycles. The Labute approximate surface area is 246 Å². The number of ether oxygens (including phenoxy) is 1. The molecular formula is C36H61ClO2. The lowest BCUT2D eigenvalue weighted by Crippen LogP contribution is -2.51. The standard InChI is InChI=1S/C36H61ClO2/c1-7-8-9-10-11-15-33(37)34(38)39-28-20-22-35(5)27(24-28)16-17-29-31-19-18-30(26(4)14-12-13-25(2)3)36(31,6)23-21-32(29)35/h16,25-26,28-33H,7-15,17-24H2,1-6H3/t26-,28-,29+,30-,31+,32+,33+,35-,36+/m0/s1. The summed E-state index contributed by atoms with van der Waals surface area (Å²) in [5.41, 5.74) is 2.44. The van der Waals surface area contributed by atoms with Crippen molar-refractivity contribution in [1.82, 2.24) is 0 Å². The molecule has 3 heteroatoms. The zero-order valence-corrected chi connectivity index (χ0v) is 27.2. The second-order valence-electron chi connectivity index (χ2n) is 15.3. The minimum absolute atomic E-state index is 0.0196. The fourth-order valence-corrected chi connectivity index (χ4v) is 10.2. The Balaban J connectivity index is 1.33. The number of unbranched alkanes of at least 4 members (excludes halogenated alkanes) is 4. The number of carbonyl (C=O) groups excluding carboxylic acids is 1. The molecule has 3 fully saturated rings. The summed E-state index contributed by atoms with van der Waals surface area (Å²) in [6, 6.07) is 0. The molecule has 0 N–H and O–H groups in total. The molecule has 224 valence electrons. The van der Waals surface area contributed by atoms with Gasteiger partial charge in [0.05, 0.1) is 0 Å². The van der Waals surface area contributed by atoms with E-state index in [1.165, 1.54) is 83.5 Å². The smallest absolute Gasteiger partial charge is 0.324 e. The Morgan fingerprint density at radius 1 is 0.949 bits per heavy atom. The first-order valence-corrected chi connectivity index (χ1v) is 17.6. The molecule has 0 bridgehead atoms. The van der Waals surface area contributed by atoms with Crippen molar-refractivity contribution in [2.75, 3.05) is 0 Å². The number of hydrogen-bond acceptors (Lipinski definition) is 2. The summed E-state index contributed by atoms with van der Waals surface area (Å²) in [5, 5.41) is -0.483. The Morgan fingerprint density at radius 2 is 1.72 bits per heavy atom. The molecule has 4 rings (SSSR count). The average molecular weight is 561 g/mol. The van der Waals surface area contributed by atoms with Gasteiger partial charge in [-0.2, -0.15) is 0 Å². The van der Waals surface area contributed by atoms with E-state index in [1.54, 1.807) is 5.57 Å². The number of carbonyl (C=O) groups is 1. The average Bonchev–Trinajstić information content (AvgIpc) is 3.25. The molecule has 0 amide bonds. The van der Waals surface area contributed by atoms with E-state index < -0.39 is 5.38 Å². The van der Waals surface area contributed by atoms with Gasteiger partial charge in [0.2, 0.25) is 0 Å². The lowest BCUT2D eigenvalue weighted by molar-refractivity contribution is -0.151. The number of rotatable bonds is 13. The fourth-order valence-electron chi connectivity index (χ4n) is 10.0. The van der Waals surface area contributed by atoms with Crippen LogP contribution in [0, 0.1) is 46.3 Å². The molecule has 0 aromatic heterocycles. The third kappa shape index (κ3) is 6.94. The van der Waals surface area contributed by atoms with E-state index in [-0.39, 0.29) is 12.1 Å². The molecule has 0 saturated heterocycles. The van der Waals surface area contributed by atoms with Crippen molar-refractivity contribution in [3.8, 4) is 0 Å². The highest BCUT2D eigenvalue weighted by atomic mass is 35.5. The van der Waals surface area contributed by atoms with Crippen molar-refractivity contribution < 1.29 is 9.53 Å². The Kier molecular flexibility index (Phi) is 11.0. The van der Waals surface area contributed by atoms with Crippen molar-refractivity contribution in [3.63, 3.8) is 0 Å². The van der Waals surface area contributed by atoms with Crippen molar-refractivity contribution >= 4 is 17.6 Å². The molecular weight excluding hydrogens is 500 g/mol. The minimum Gasteiger partial charge on any atom is -0.461 e. The van der Waals surface area contributed by atoms with Crippen LogP contribution in [0.2, 0.25) is 0 Å². The molecule has 0 spiro atoms. The summed E-state index contributed by atoms with van der Waals surface area (Å²) in [5.74, 6) is 5.00. The van der Waals surface area contributed by atoms with Gasteiger partial charge >= 0.3 is 5.97 Å². The minimum atomic E-state index is -0.483. The van der Waals surface area contributed by atoms with E-state index in [0.717, 1.165) is 61.2 Å². The molecule has 0 unspecified atom stereocenters. The van der Waals surface area contributed by atoms with Crippen molar-refractivity contribution in [2.45, 2.75) is 162 Å². The Morgan fingerprint density at radius 3 is 2.46 bits per heavy atom. The van der Waals surface area contributed by atoms with Gasteiger partial charge in [0.1, 0.15) is 11.5 Å². The lowest BCUT2D eigenvalue weighted by atomic mass is 9.47. The van der Waals surface area contributed by atoms with Crippen LogP contribution in [0.1, 0.15) is 151 Å². The van der Waals surface area contributed by atoms with Crippen LogP contribution in [0.5, 0.6) is 0 Å². The van der Waals surface area contributed by atoms with E-state index in [9.17, 15) is 4.79 Å². The summed E-state index contributed by atoms with van der Waals surface area (Å²) in [7, 11) is 0. The van der Waals surface area contributed by atoms with Crippen LogP contribution >= 0.6 is 11.6 Å². The molecule has 0 aromatic rings. The first-order valence-electron chi connectivity index (χ1n) is 17.1. The topological polar surface area (TPSA) is 26.3 Å². The van der Waals surface area contributed by atoms with Crippen LogP contribution < -0.4 is 0 Å². The lowest BCUT2D eigenvalue weighted by Gasteiger charge is -2.58. The van der Waals surface area contributed by atoms with Gasteiger partial charge in [0.25, 0.3) is 0 Å². The summed E-state index contributed by atoms with van der Waals surface area (Å²) in [4.78, 5) is 12.8. The Bertz CT molecular complexity index is 834. The van der Waals surface area contributed by atoms with Gasteiger partial charge in [-0.15, -0.1) is 11.6 Å². The van der Waals surface area contributed by atoms with Gasteiger partial charge < -0.3 is 4.74 Å². The largest absolute Gasteiger partial charge is 0.461 e. The van der Waals surface area contributed by atoms with Crippen LogP contribution in [0.4, 0.5) is 0 Å². The molecule has 2 nitrogen and oxygen atoms in total. The van der Waals surface area contributed by atoms with Gasteiger partial charge in [0.15, 0.2) is 0 Å². The monoisotopic (exact) mass is 560 g/mol. The molecule has 0 aliphatic heterocycles. The summed E-state index contributed by atoms with van der Waals surface area (Å²) in [6.45, 7) is 14.8. The molecule has 39 heavy (non-hydrogen) atoms. The van der Waals surface area contributed by atoms with Crippen LogP contribution in [0.15, 0.2) is 11.6 Å². The fraction of sp³-hybridized carbons (Fsp3) is 0.917. The van der Waals surface area contributed by atoms with Crippen molar-refractivity contribution in [2.24, 2.45) is 46.3 Å². The first-order chi connectivity index (χ1) is 18.6. The normalized spacial score (nSPS) is 37.4. The predicted octanol–water partition coefficient (Wildman–Crippen LogP) is 10.9. The number of halogens is 1. The van der Waals surface area contributed by atoms with Gasteiger partial charge in [-0.05, 0) is 97.7 Å². The third-order valence-electron chi connectivity index (χ3n) is 12.4. The number of alkyl halides is 1. The molecule has 3 saturated carbocycles. The molecule has 0 aromatic carbocycles. The molecule has 0 radical (unpaired) electrons.